The van der Waals surface area contributed by atoms with Crippen LogP contribution in [0.5, 0.6) is 0 Å². The van der Waals surface area contributed by atoms with Crippen molar-refractivity contribution in [3.63, 3.8) is 0 Å². The number of nitrogens with zero attached hydrogens (tertiary/aromatic N) is 1. The van der Waals surface area contributed by atoms with Crippen LogP contribution < -0.4 is 5.32 Å². The van der Waals surface area contributed by atoms with Gasteiger partial charge in [-0.3, -0.25) is 10.1 Å². The van der Waals surface area contributed by atoms with Crippen molar-refractivity contribution in [1.29, 1.82) is 5.26 Å². The summed E-state index contributed by atoms with van der Waals surface area (Å²) in [5, 5.41) is 11.0. The van der Waals surface area contributed by atoms with Crippen LogP contribution in [0.1, 0.15) is 30.6 Å². The van der Waals surface area contributed by atoms with Crippen LogP contribution in [-0.4, -0.2) is 18.5 Å². The minimum Gasteiger partial charge on any atom is -0.449 e. The summed E-state index contributed by atoms with van der Waals surface area (Å²) in [4.78, 5) is 22.8. The Kier molecular flexibility index (Phi) is 5.55. The van der Waals surface area contributed by atoms with E-state index in [0.29, 0.717) is 17.9 Å². The third-order valence-electron chi connectivity index (χ3n) is 2.24. The van der Waals surface area contributed by atoms with Gasteiger partial charge in [-0.15, -0.1) is 0 Å². The highest BCUT2D eigenvalue weighted by Gasteiger charge is 2.07. The van der Waals surface area contributed by atoms with Crippen molar-refractivity contribution in [2.24, 2.45) is 5.92 Å². The molecule has 1 rings (SSSR count). The smallest absolute Gasteiger partial charge is 0.411 e. The van der Waals surface area contributed by atoms with Crippen LogP contribution in [0.4, 0.5) is 10.5 Å². The third-order valence-corrected chi connectivity index (χ3v) is 2.24. The van der Waals surface area contributed by atoms with Crippen LogP contribution in [0.2, 0.25) is 0 Å². The molecule has 1 aromatic rings. The first-order chi connectivity index (χ1) is 9.02. The summed E-state index contributed by atoms with van der Waals surface area (Å²) in [6, 6.07) is 8.13. The molecule has 0 aliphatic carbocycles. The second kappa shape index (κ2) is 7.17. The zero-order valence-electron chi connectivity index (χ0n) is 11.0. The molecule has 19 heavy (non-hydrogen) atoms. The molecule has 5 heteroatoms. The number of ether oxygens (including phenoxy) is 1. The average Bonchev–Trinajstić information content (AvgIpc) is 2.37. The second-order valence-electron chi connectivity index (χ2n) is 4.45. The van der Waals surface area contributed by atoms with Gasteiger partial charge in [-0.1, -0.05) is 13.8 Å². The van der Waals surface area contributed by atoms with E-state index in [2.05, 4.69) is 5.32 Å². The van der Waals surface area contributed by atoms with Crippen molar-refractivity contribution in [3.8, 4) is 6.07 Å². The summed E-state index contributed by atoms with van der Waals surface area (Å²) in [6.07, 6.45) is -0.673. The highest BCUT2D eigenvalue weighted by molar-refractivity contribution is 5.98. The van der Waals surface area contributed by atoms with Crippen LogP contribution in [0.25, 0.3) is 0 Å². The van der Waals surface area contributed by atoms with Gasteiger partial charge in [0.1, 0.15) is 0 Å². The molecule has 0 aliphatic heterocycles. The number of hydrogen-bond donors (Lipinski definition) is 1. The number of carbonyl (C=O) groups is 2. The molecule has 0 aliphatic rings. The second-order valence-corrected chi connectivity index (χ2v) is 4.45. The summed E-state index contributed by atoms with van der Waals surface area (Å²) >= 11 is 0. The Balaban J connectivity index is 2.55. The minimum absolute atomic E-state index is 0.150. The number of anilines is 1. The molecule has 0 unspecified atom stereocenters. The maximum Gasteiger partial charge on any atom is 0.411 e. The van der Waals surface area contributed by atoms with E-state index >= 15 is 0 Å². The lowest BCUT2D eigenvalue weighted by Crippen LogP contribution is -2.16. The lowest BCUT2D eigenvalue weighted by atomic mass is 10.1. The van der Waals surface area contributed by atoms with Gasteiger partial charge in [0, 0.05) is 11.3 Å². The normalized spacial score (nSPS) is 9.79. The fourth-order valence-electron chi connectivity index (χ4n) is 1.31. The molecule has 0 fully saturated rings. The Morgan fingerprint density at radius 1 is 1.32 bits per heavy atom. The van der Waals surface area contributed by atoms with Crippen molar-refractivity contribution >= 4 is 17.6 Å². The van der Waals surface area contributed by atoms with Gasteiger partial charge in [0.15, 0.2) is 5.78 Å². The van der Waals surface area contributed by atoms with Crippen LogP contribution in [-0.2, 0) is 4.74 Å². The molecule has 0 saturated carbocycles. The molecule has 0 saturated heterocycles. The Labute approximate surface area is 112 Å². The van der Waals surface area contributed by atoms with E-state index in [-0.39, 0.29) is 18.1 Å². The van der Waals surface area contributed by atoms with Gasteiger partial charge < -0.3 is 4.74 Å². The van der Waals surface area contributed by atoms with Crippen LogP contribution in [0, 0.1) is 17.2 Å². The predicted molar refractivity (Wildman–Crippen MR) is 70.8 cm³/mol. The van der Waals surface area contributed by atoms with Crippen LogP contribution in [0.15, 0.2) is 24.3 Å². The van der Waals surface area contributed by atoms with Gasteiger partial charge in [-0.05, 0) is 30.2 Å². The molecule has 5 nitrogen and oxygen atoms in total. The fraction of sp³-hybridized carbons (Fsp3) is 0.357. The number of nitriles is 1. The minimum atomic E-state index is -0.523. The number of amides is 1. The highest BCUT2D eigenvalue weighted by atomic mass is 16.5. The first kappa shape index (κ1) is 14.7. The lowest BCUT2D eigenvalue weighted by molar-refractivity contribution is 0.0997. The summed E-state index contributed by atoms with van der Waals surface area (Å²) in [6.45, 7) is 4.25. The van der Waals surface area contributed by atoms with E-state index in [1.54, 1.807) is 30.3 Å². The number of nitrogens with one attached hydrogen (secondary N) is 1. The lowest BCUT2D eigenvalue weighted by Gasteiger charge is -2.08. The monoisotopic (exact) mass is 260 g/mol. The summed E-state index contributed by atoms with van der Waals surface area (Å²) in [5.74, 6) is 0.0353. The zero-order chi connectivity index (χ0) is 14.3. The molecular formula is C14H16N2O3. The summed E-state index contributed by atoms with van der Waals surface area (Å²) in [5.41, 5.74) is 0.991. The number of carbonyl (C=O) groups excluding carboxylic acids is 2. The van der Waals surface area contributed by atoms with Gasteiger partial charge in [-0.25, -0.2) is 4.79 Å². The average molecular weight is 260 g/mol. The van der Waals surface area contributed by atoms with E-state index in [0.717, 1.165) is 0 Å². The van der Waals surface area contributed by atoms with E-state index in [1.807, 2.05) is 13.8 Å². The fourth-order valence-corrected chi connectivity index (χ4v) is 1.31. The molecule has 1 N–H and O–H groups in total. The summed E-state index contributed by atoms with van der Waals surface area (Å²) < 4.78 is 4.96. The molecule has 0 radical (unpaired) electrons. The number of ketones is 1. The maximum absolute atomic E-state index is 11.4. The largest absolute Gasteiger partial charge is 0.449 e. The number of hydrogen-bond acceptors (Lipinski definition) is 4. The molecule has 0 aromatic heterocycles. The standard InChI is InChI=1S/C14H16N2O3/c1-10(2)9-19-14(18)16-12-5-3-11(4-6-12)13(17)7-8-15/h3-6,10H,7,9H2,1-2H3,(H,16,18). The number of Topliss-reactive ketones (excluding diaryl/α,β-unsaturated/α-hetero) is 1. The van der Waals surface area contributed by atoms with Crippen molar-refractivity contribution in [2.45, 2.75) is 20.3 Å². The molecular weight excluding hydrogens is 244 g/mol. The molecule has 0 bridgehead atoms. The van der Waals surface area contributed by atoms with Crippen LogP contribution in [0.3, 0.4) is 0 Å². The Bertz CT molecular complexity index is 486. The molecule has 0 atom stereocenters. The Morgan fingerprint density at radius 2 is 1.95 bits per heavy atom. The van der Waals surface area contributed by atoms with Crippen molar-refractivity contribution in [1.82, 2.24) is 0 Å². The number of benzene rings is 1. The maximum atomic E-state index is 11.4. The zero-order valence-corrected chi connectivity index (χ0v) is 11.0. The SMILES string of the molecule is CC(C)COC(=O)Nc1ccc(C(=O)CC#N)cc1. The Hall–Kier alpha value is -2.35. The molecule has 0 spiro atoms. The molecule has 1 amide bonds. The van der Waals surface area contributed by atoms with Gasteiger partial charge >= 0.3 is 6.09 Å². The topological polar surface area (TPSA) is 79.2 Å². The van der Waals surface area contributed by atoms with Crippen LogP contribution >= 0.6 is 0 Å². The van der Waals surface area contributed by atoms with E-state index in [1.165, 1.54) is 0 Å². The van der Waals surface area contributed by atoms with E-state index < -0.39 is 6.09 Å². The summed E-state index contributed by atoms with van der Waals surface area (Å²) in [7, 11) is 0. The van der Waals surface area contributed by atoms with Gasteiger partial charge in [0.2, 0.25) is 0 Å². The van der Waals surface area contributed by atoms with Gasteiger partial charge in [0.25, 0.3) is 0 Å². The third kappa shape index (κ3) is 5.21. The number of rotatable bonds is 5. The van der Waals surface area contributed by atoms with E-state index in [9.17, 15) is 9.59 Å². The van der Waals surface area contributed by atoms with Crippen molar-refractivity contribution in [3.05, 3.63) is 29.8 Å². The quantitative estimate of drug-likeness (QED) is 0.825. The van der Waals surface area contributed by atoms with Crippen molar-refractivity contribution in [2.75, 3.05) is 11.9 Å². The van der Waals surface area contributed by atoms with Gasteiger partial charge in [-0.2, -0.15) is 5.26 Å². The first-order valence-corrected chi connectivity index (χ1v) is 5.97. The van der Waals surface area contributed by atoms with Crippen molar-refractivity contribution < 1.29 is 14.3 Å². The highest BCUT2D eigenvalue weighted by Crippen LogP contribution is 2.11. The predicted octanol–water partition coefficient (Wildman–Crippen LogP) is 2.99. The van der Waals surface area contributed by atoms with Gasteiger partial charge in [0.05, 0.1) is 19.1 Å². The molecule has 0 heterocycles. The first-order valence-electron chi connectivity index (χ1n) is 5.97. The molecule has 1 aromatic carbocycles. The Morgan fingerprint density at radius 3 is 2.47 bits per heavy atom. The van der Waals surface area contributed by atoms with E-state index in [4.69, 9.17) is 10.00 Å². The molecule has 100 valence electrons.